The van der Waals surface area contributed by atoms with Gasteiger partial charge in [-0.25, -0.2) is 0 Å². The Bertz CT molecular complexity index is 254. The standard InChI is InChI=1S/C9H17NO3Si/c1-9(7-10,6-8(11)12-2)13-14(3,4)5/h6H2,1-5H3. The van der Waals surface area contributed by atoms with Gasteiger partial charge >= 0.3 is 5.97 Å². The first kappa shape index (κ1) is 13.1. The van der Waals surface area contributed by atoms with Gasteiger partial charge in [0.2, 0.25) is 0 Å². The van der Waals surface area contributed by atoms with E-state index in [0.29, 0.717) is 0 Å². The number of carbonyl (C=O) groups is 1. The van der Waals surface area contributed by atoms with Gasteiger partial charge in [0.15, 0.2) is 13.9 Å². The maximum Gasteiger partial charge on any atom is 0.309 e. The van der Waals surface area contributed by atoms with Crippen LogP contribution < -0.4 is 0 Å². The number of hydrogen-bond acceptors (Lipinski definition) is 4. The Balaban J connectivity index is 4.51. The van der Waals surface area contributed by atoms with Gasteiger partial charge in [0, 0.05) is 0 Å². The summed E-state index contributed by atoms with van der Waals surface area (Å²) in [6.07, 6.45) is -0.0235. The molecule has 0 aliphatic heterocycles. The smallest absolute Gasteiger partial charge is 0.309 e. The molecule has 0 aliphatic rings. The van der Waals surface area contributed by atoms with Crippen molar-refractivity contribution in [1.82, 2.24) is 0 Å². The van der Waals surface area contributed by atoms with Gasteiger partial charge < -0.3 is 9.16 Å². The highest BCUT2D eigenvalue weighted by molar-refractivity contribution is 6.69. The number of ether oxygens (including phenoxy) is 1. The molecule has 0 heterocycles. The van der Waals surface area contributed by atoms with Crippen LogP contribution in [0.2, 0.25) is 19.6 Å². The lowest BCUT2D eigenvalue weighted by Crippen LogP contribution is -2.41. The van der Waals surface area contributed by atoms with Gasteiger partial charge in [-0.1, -0.05) is 0 Å². The fourth-order valence-corrected chi connectivity index (χ4v) is 2.59. The van der Waals surface area contributed by atoms with E-state index in [9.17, 15) is 4.79 Å². The Morgan fingerprint density at radius 2 is 2.00 bits per heavy atom. The third-order valence-electron chi connectivity index (χ3n) is 1.48. The summed E-state index contributed by atoms with van der Waals surface area (Å²) in [6.45, 7) is 7.53. The molecule has 0 rings (SSSR count). The van der Waals surface area contributed by atoms with E-state index in [1.165, 1.54) is 7.11 Å². The topological polar surface area (TPSA) is 59.3 Å². The summed E-state index contributed by atoms with van der Waals surface area (Å²) in [4.78, 5) is 11.0. The number of esters is 1. The quantitative estimate of drug-likeness (QED) is 0.529. The molecule has 0 aromatic heterocycles. The minimum Gasteiger partial charge on any atom is -0.469 e. The van der Waals surface area contributed by atoms with Crippen molar-refractivity contribution in [1.29, 1.82) is 5.26 Å². The zero-order valence-electron chi connectivity index (χ0n) is 9.38. The lowest BCUT2D eigenvalue weighted by Gasteiger charge is -2.29. The normalized spacial score (nSPS) is 15.4. The van der Waals surface area contributed by atoms with Crippen LogP contribution in [0.5, 0.6) is 0 Å². The highest BCUT2D eigenvalue weighted by atomic mass is 28.4. The van der Waals surface area contributed by atoms with Crippen LogP contribution >= 0.6 is 0 Å². The van der Waals surface area contributed by atoms with Gasteiger partial charge in [-0.3, -0.25) is 4.79 Å². The molecule has 0 saturated carbocycles. The molecule has 0 bridgehead atoms. The lowest BCUT2D eigenvalue weighted by atomic mass is 10.1. The van der Waals surface area contributed by atoms with Crippen molar-refractivity contribution in [2.45, 2.75) is 38.6 Å². The van der Waals surface area contributed by atoms with E-state index in [-0.39, 0.29) is 6.42 Å². The van der Waals surface area contributed by atoms with E-state index in [2.05, 4.69) is 4.74 Å². The summed E-state index contributed by atoms with van der Waals surface area (Å²) < 4.78 is 10.1. The average Bonchev–Trinajstić information content (AvgIpc) is 2.00. The SMILES string of the molecule is COC(=O)CC(C)(C#N)O[Si](C)(C)C. The van der Waals surface area contributed by atoms with Gasteiger partial charge in [-0.2, -0.15) is 5.26 Å². The maximum atomic E-state index is 11.0. The first-order valence-electron chi connectivity index (χ1n) is 4.41. The summed E-state index contributed by atoms with van der Waals surface area (Å²) in [5.41, 5.74) is -1.06. The molecule has 0 radical (unpaired) electrons. The van der Waals surface area contributed by atoms with Crippen LogP contribution in [0.25, 0.3) is 0 Å². The summed E-state index contributed by atoms with van der Waals surface area (Å²) in [5, 5.41) is 8.93. The van der Waals surface area contributed by atoms with Crippen LogP contribution in [-0.2, 0) is 14.0 Å². The highest BCUT2D eigenvalue weighted by Gasteiger charge is 2.34. The number of hydrogen-bond donors (Lipinski definition) is 0. The van der Waals surface area contributed by atoms with Crippen LogP contribution in [0, 0.1) is 11.3 Å². The predicted octanol–water partition coefficient (Wildman–Crippen LogP) is 1.68. The molecule has 0 spiro atoms. The molecule has 80 valence electrons. The molecule has 0 fully saturated rings. The van der Waals surface area contributed by atoms with Crippen molar-refractivity contribution in [2.24, 2.45) is 0 Å². The van der Waals surface area contributed by atoms with Crippen LogP contribution in [0.15, 0.2) is 0 Å². The Morgan fingerprint density at radius 3 is 2.29 bits per heavy atom. The predicted molar refractivity (Wildman–Crippen MR) is 55.1 cm³/mol. The van der Waals surface area contributed by atoms with E-state index in [1.54, 1.807) is 6.92 Å². The molecule has 1 unspecified atom stereocenters. The van der Waals surface area contributed by atoms with Crippen molar-refractivity contribution in [3.05, 3.63) is 0 Å². The Kier molecular flexibility index (Phi) is 4.29. The van der Waals surface area contributed by atoms with Crippen molar-refractivity contribution < 1.29 is 14.0 Å². The molecular formula is C9H17NO3Si. The maximum absolute atomic E-state index is 11.0. The number of nitrogens with zero attached hydrogens (tertiary/aromatic N) is 1. The van der Waals surface area contributed by atoms with E-state index in [0.717, 1.165) is 0 Å². The fourth-order valence-electron chi connectivity index (χ4n) is 1.12. The van der Waals surface area contributed by atoms with Crippen molar-refractivity contribution in [2.75, 3.05) is 7.11 Å². The Morgan fingerprint density at radius 1 is 1.50 bits per heavy atom. The zero-order valence-corrected chi connectivity index (χ0v) is 10.4. The summed E-state index contributed by atoms with van der Waals surface area (Å²) in [5.74, 6) is -0.424. The Hall–Kier alpha value is -0.863. The number of rotatable bonds is 4. The number of methoxy groups -OCH3 is 1. The second-order valence-electron chi connectivity index (χ2n) is 4.31. The highest BCUT2D eigenvalue weighted by Crippen LogP contribution is 2.21. The molecule has 1 atom stereocenters. The van der Waals surface area contributed by atoms with E-state index >= 15 is 0 Å². The van der Waals surface area contributed by atoms with E-state index in [1.807, 2.05) is 25.7 Å². The fraction of sp³-hybridized carbons (Fsp3) is 0.778. The molecule has 0 aromatic rings. The minimum absolute atomic E-state index is 0.0235. The van der Waals surface area contributed by atoms with Gasteiger partial charge in [0.25, 0.3) is 0 Å². The van der Waals surface area contributed by atoms with Crippen molar-refractivity contribution >= 4 is 14.3 Å². The second-order valence-corrected chi connectivity index (χ2v) is 8.74. The summed E-state index contributed by atoms with van der Waals surface area (Å²) in [6, 6.07) is 2.01. The third-order valence-corrected chi connectivity index (χ3v) is 2.54. The largest absolute Gasteiger partial charge is 0.469 e. The minimum atomic E-state index is -1.82. The molecule has 0 saturated heterocycles. The first-order chi connectivity index (χ1) is 6.22. The number of nitriles is 1. The Labute approximate surface area is 85.9 Å². The van der Waals surface area contributed by atoms with Gasteiger partial charge in [0.1, 0.15) is 0 Å². The molecule has 14 heavy (non-hydrogen) atoms. The molecule has 0 amide bonds. The average molecular weight is 215 g/mol. The summed E-state index contributed by atoms with van der Waals surface area (Å²) >= 11 is 0. The van der Waals surface area contributed by atoms with Crippen LogP contribution in [0.3, 0.4) is 0 Å². The van der Waals surface area contributed by atoms with Gasteiger partial charge in [0.05, 0.1) is 19.6 Å². The molecule has 5 heteroatoms. The first-order valence-corrected chi connectivity index (χ1v) is 7.81. The molecular weight excluding hydrogens is 198 g/mol. The molecule has 4 nitrogen and oxygen atoms in total. The molecule has 0 aromatic carbocycles. The number of carbonyl (C=O) groups excluding carboxylic acids is 1. The summed E-state index contributed by atoms with van der Waals surface area (Å²) in [7, 11) is -0.523. The van der Waals surface area contributed by atoms with Gasteiger partial charge in [-0.15, -0.1) is 0 Å². The van der Waals surface area contributed by atoms with Crippen molar-refractivity contribution in [3.63, 3.8) is 0 Å². The van der Waals surface area contributed by atoms with Crippen LogP contribution in [0.1, 0.15) is 13.3 Å². The lowest BCUT2D eigenvalue weighted by molar-refractivity contribution is -0.143. The van der Waals surface area contributed by atoms with E-state index < -0.39 is 19.9 Å². The third kappa shape index (κ3) is 4.99. The van der Waals surface area contributed by atoms with Gasteiger partial charge in [-0.05, 0) is 26.6 Å². The monoisotopic (exact) mass is 215 g/mol. The molecule has 0 aliphatic carbocycles. The zero-order chi connectivity index (χ0) is 11.4. The van der Waals surface area contributed by atoms with Crippen molar-refractivity contribution in [3.8, 4) is 6.07 Å². The second kappa shape index (κ2) is 4.58. The van der Waals surface area contributed by atoms with Crippen LogP contribution in [0.4, 0.5) is 0 Å². The van der Waals surface area contributed by atoms with E-state index in [4.69, 9.17) is 9.69 Å². The molecule has 0 N–H and O–H groups in total. The van der Waals surface area contributed by atoms with Crippen LogP contribution in [-0.4, -0.2) is 27.0 Å².